The summed E-state index contributed by atoms with van der Waals surface area (Å²) in [5.41, 5.74) is 1.71. The van der Waals surface area contributed by atoms with Crippen LogP contribution >= 0.6 is 23.2 Å². The first-order valence-corrected chi connectivity index (χ1v) is 11.1. The topological polar surface area (TPSA) is 78.1 Å². The number of fused-ring (bicyclic) bond motifs is 1. The molecule has 1 aliphatic rings. The lowest BCUT2D eigenvalue weighted by Gasteiger charge is -2.27. The van der Waals surface area contributed by atoms with E-state index < -0.39 is 17.6 Å². The van der Waals surface area contributed by atoms with Crippen molar-refractivity contribution in [2.24, 2.45) is 0 Å². The summed E-state index contributed by atoms with van der Waals surface area (Å²) >= 11 is 11.9. The summed E-state index contributed by atoms with van der Waals surface area (Å²) < 4.78 is 38.7. The molecule has 34 heavy (non-hydrogen) atoms. The smallest absolute Gasteiger partial charge is 0.347 e. The summed E-state index contributed by atoms with van der Waals surface area (Å²) in [6.07, 6.45) is -3.84. The fourth-order valence-corrected chi connectivity index (χ4v) is 4.08. The van der Waals surface area contributed by atoms with Crippen LogP contribution < -0.4 is 5.32 Å². The molecule has 0 atom stereocenters. The van der Waals surface area contributed by atoms with Crippen LogP contribution in [0.2, 0.25) is 10.0 Å². The van der Waals surface area contributed by atoms with Crippen LogP contribution in [0, 0.1) is 0 Å². The maximum atomic E-state index is 12.9. The number of aromatic amines is 1. The van der Waals surface area contributed by atoms with Gasteiger partial charge in [-0.05, 0) is 35.4 Å². The lowest BCUT2D eigenvalue weighted by molar-refractivity contribution is -0.137. The Morgan fingerprint density at radius 2 is 1.88 bits per heavy atom. The highest BCUT2D eigenvalue weighted by Gasteiger charge is 2.31. The molecular formula is C23H19Cl2F3N4O2. The van der Waals surface area contributed by atoms with Crippen LogP contribution in [0.15, 0.2) is 42.5 Å². The number of hydrogen-bond donors (Lipinski definition) is 2. The molecule has 2 amide bonds. The van der Waals surface area contributed by atoms with E-state index in [0.717, 1.165) is 23.4 Å². The molecule has 1 aromatic heterocycles. The van der Waals surface area contributed by atoms with Gasteiger partial charge in [0.15, 0.2) is 5.69 Å². The van der Waals surface area contributed by atoms with E-state index in [9.17, 15) is 22.8 Å². The van der Waals surface area contributed by atoms with E-state index in [1.165, 1.54) is 12.1 Å². The number of benzene rings is 2. The van der Waals surface area contributed by atoms with Gasteiger partial charge in [-0.3, -0.25) is 14.7 Å². The number of nitrogens with zero attached hydrogens (tertiary/aromatic N) is 2. The average Bonchev–Trinajstić information content (AvgIpc) is 3.23. The molecule has 4 rings (SSSR count). The minimum Gasteiger partial charge on any atom is -0.347 e. The number of carbonyl (C=O) groups excluding carboxylic acids is 2. The molecule has 0 radical (unpaired) electrons. The molecule has 2 heterocycles. The van der Waals surface area contributed by atoms with Crippen LogP contribution in [0.25, 0.3) is 0 Å². The number of rotatable bonds is 5. The van der Waals surface area contributed by atoms with E-state index in [0.29, 0.717) is 34.1 Å². The van der Waals surface area contributed by atoms with Crippen LogP contribution in [0.3, 0.4) is 0 Å². The fraction of sp³-hybridized carbons (Fsp3) is 0.261. The zero-order valence-electron chi connectivity index (χ0n) is 17.7. The van der Waals surface area contributed by atoms with E-state index in [2.05, 4.69) is 15.5 Å². The monoisotopic (exact) mass is 510 g/mol. The van der Waals surface area contributed by atoms with Gasteiger partial charge in [0.1, 0.15) is 0 Å². The third-order valence-electron chi connectivity index (χ3n) is 5.55. The summed E-state index contributed by atoms with van der Waals surface area (Å²) in [6, 6.07) is 9.75. The second-order valence-electron chi connectivity index (χ2n) is 7.90. The molecule has 0 saturated heterocycles. The Kier molecular flexibility index (Phi) is 6.86. The highest BCUT2D eigenvalue weighted by atomic mass is 35.5. The molecule has 11 heteroatoms. The van der Waals surface area contributed by atoms with Crippen LogP contribution in [0.4, 0.5) is 13.2 Å². The van der Waals surface area contributed by atoms with Crippen molar-refractivity contribution in [1.29, 1.82) is 0 Å². The molecular weight excluding hydrogens is 492 g/mol. The first kappa shape index (κ1) is 24.1. The second kappa shape index (κ2) is 9.68. The molecule has 0 bridgehead atoms. The van der Waals surface area contributed by atoms with Gasteiger partial charge >= 0.3 is 6.18 Å². The Bertz CT molecular complexity index is 1240. The Balaban J connectivity index is 1.42. The summed E-state index contributed by atoms with van der Waals surface area (Å²) in [5, 5.41) is 10.3. The molecule has 0 fully saturated rings. The van der Waals surface area contributed by atoms with E-state index in [4.69, 9.17) is 23.2 Å². The van der Waals surface area contributed by atoms with Crippen molar-refractivity contribution in [3.05, 3.63) is 86.2 Å². The lowest BCUT2D eigenvalue weighted by Crippen LogP contribution is -2.37. The third-order valence-corrected chi connectivity index (χ3v) is 6.29. The predicted octanol–water partition coefficient (Wildman–Crippen LogP) is 4.79. The number of hydrogen-bond acceptors (Lipinski definition) is 3. The highest BCUT2D eigenvalue weighted by Crippen LogP contribution is 2.29. The predicted molar refractivity (Wildman–Crippen MR) is 120 cm³/mol. The second-order valence-corrected chi connectivity index (χ2v) is 8.72. The van der Waals surface area contributed by atoms with Crippen LogP contribution in [0.1, 0.15) is 38.4 Å². The van der Waals surface area contributed by atoms with Gasteiger partial charge in [0, 0.05) is 37.3 Å². The molecule has 3 aromatic rings. The molecule has 178 valence electrons. The van der Waals surface area contributed by atoms with Crippen molar-refractivity contribution in [3.8, 4) is 0 Å². The van der Waals surface area contributed by atoms with Crippen molar-refractivity contribution in [1.82, 2.24) is 20.4 Å². The van der Waals surface area contributed by atoms with Crippen molar-refractivity contribution < 1.29 is 22.8 Å². The summed E-state index contributed by atoms with van der Waals surface area (Å²) in [5.74, 6) is -0.672. The van der Waals surface area contributed by atoms with Gasteiger partial charge in [-0.25, -0.2) is 0 Å². The third kappa shape index (κ3) is 5.37. The lowest BCUT2D eigenvalue weighted by atomic mass is 10.0. The summed E-state index contributed by atoms with van der Waals surface area (Å²) in [4.78, 5) is 27.2. The van der Waals surface area contributed by atoms with Gasteiger partial charge in [-0.15, -0.1) is 0 Å². The molecule has 0 aliphatic carbocycles. The standard InChI is InChI=1S/C23H19Cl2F3N4O2/c24-17-5-4-13(9-18(17)25)10-20(33)32-7-6-19-16(12-32)21(31-30-19)22(34)29-11-14-2-1-3-15(8-14)23(26,27)28/h1-5,8-9H,6-7,10-12H2,(H,29,34)(H,30,31). The van der Waals surface area contributed by atoms with Gasteiger partial charge in [0.25, 0.3) is 5.91 Å². The zero-order chi connectivity index (χ0) is 24.5. The minimum atomic E-state index is -4.46. The average molecular weight is 511 g/mol. The van der Waals surface area contributed by atoms with Crippen molar-refractivity contribution in [2.75, 3.05) is 6.54 Å². The van der Waals surface area contributed by atoms with Crippen LogP contribution in [-0.2, 0) is 36.9 Å². The van der Waals surface area contributed by atoms with E-state index in [1.54, 1.807) is 23.1 Å². The normalized spacial score (nSPS) is 13.5. The van der Waals surface area contributed by atoms with Gasteiger partial charge in [-0.2, -0.15) is 18.3 Å². The number of halogens is 5. The van der Waals surface area contributed by atoms with Crippen LogP contribution in [0.5, 0.6) is 0 Å². The largest absolute Gasteiger partial charge is 0.416 e. The Morgan fingerprint density at radius 1 is 1.09 bits per heavy atom. The van der Waals surface area contributed by atoms with Crippen LogP contribution in [-0.4, -0.2) is 33.5 Å². The Morgan fingerprint density at radius 3 is 2.62 bits per heavy atom. The highest BCUT2D eigenvalue weighted by molar-refractivity contribution is 6.42. The van der Waals surface area contributed by atoms with Crippen molar-refractivity contribution in [2.45, 2.75) is 32.1 Å². The quantitative estimate of drug-likeness (QED) is 0.517. The van der Waals surface area contributed by atoms with Crippen molar-refractivity contribution in [3.63, 3.8) is 0 Å². The molecule has 2 N–H and O–H groups in total. The summed E-state index contributed by atoms with van der Waals surface area (Å²) in [7, 11) is 0. The van der Waals surface area contributed by atoms with E-state index in [-0.39, 0.29) is 31.1 Å². The Labute approximate surface area is 203 Å². The number of aromatic nitrogens is 2. The maximum absolute atomic E-state index is 12.9. The first-order valence-electron chi connectivity index (χ1n) is 10.3. The number of carbonyl (C=O) groups is 2. The first-order chi connectivity index (χ1) is 16.1. The number of alkyl halides is 3. The molecule has 0 unspecified atom stereocenters. The van der Waals surface area contributed by atoms with E-state index >= 15 is 0 Å². The molecule has 2 aromatic carbocycles. The molecule has 6 nitrogen and oxygen atoms in total. The van der Waals surface area contributed by atoms with Gasteiger partial charge in [0.05, 0.1) is 22.0 Å². The van der Waals surface area contributed by atoms with Gasteiger partial charge in [0.2, 0.25) is 5.91 Å². The number of nitrogens with one attached hydrogen (secondary N) is 2. The maximum Gasteiger partial charge on any atom is 0.416 e. The van der Waals surface area contributed by atoms with Gasteiger partial charge in [-0.1, -0.05) is 41.4 Å². The molecule has 1 aliphatic heterocycles. The zero-order valence-corrected chi connectivity index (χ0v) is 19.2. The Hall–Kier alpha value is -3.04. The number of amides is 2. The van der Waals surface area contributed by atoms with E-state index in [1.807, 2.05) is 0 Å². The molecule has 0 saturated carbocycles. The van der Waals surface area contributed by atoms with Gasteiger partial charge < -0.3 is 10.2 Å². The van der Waals surface area contributed by atoms with Crippen molar-refractivity contribution >= 4 is 35.0 Å². The summed E-state index contributed by atoms with van der Waals surface area (Å²) in [6.45, 7) is 0.559. The number of H-pyrrole nitrogens is 1. The SMILES string of the molecule is O=C(NCc1cccc(C(F)(F)F)c1)c1n[nH]c2c1CN(C(=O)Cc1ccc(Cl)c(Cl)c1)CC2. The fourth-order valence-electron chi connectivity index (χ4n) is 3.76. The molecule has 0 spiro atoms. The minimum absolute atomic E-state index is 0.0929.